The van der Waals surface area contributed by atoms with Crippen LogP contribution in [0, 0.1) is 18.6 Å². The van der Waals surface area contributed by atoms with E-state index in [-0.39, 0.29) is 33.3 Å². The van der Waals surface area contributed by atoms with Crippen molar-refractivity contribution in [2.45, 2.75) is 18.2 Å². The second-order valence-corrected chi connectivity index (χ2v) is 8.55. The first-order valence-corrected chi connectivity index (χ1v) is 10.6. The molecule has 5 nitrogen and oxygen atoms in total. The summed E-state index contributed by atoms with van der Waals surface area (Å²) in [5.74, 6) is -1.90. The number of para-hydroxylation sites is 1. The number of carbonyl (C=O) groups is 1. The van der Waals surface area contributed by atoms with Gasteiger partial charge in [-0.25, -0.2) is 17.2 Å². The van der Waals surface area contributed by atoms with Crippen molar-refractivity contribution in [3.63, 3.8) is 0 Å². The van der Waals surface area contributed by atoms with Gasteiger partial charge in [0.25, 0.3) is 10.0 Å². The minimum atomic E-state index is -4.12. The Labute approximate surface area is 177 Å². The lowest BCUT2D eigenvalue weighted by Gasteiger charge is -2.13. The summed E-state index contributed by atoms with van der Waals surface area (Å²) >= 11 is 5.93. The highest BCUT2D eigenvalue weighted by Gasteiger charge is 2.20. The molecule has 3 rings (SSSR count). The van der Waals surface area contributed by atoms with E-state index in [2.05, 4.69) is 10.0 Å². The molecule has 3 aromatic carbocycles. The van der Waals surface area contributed by atoms with Crippen LogP contribution in [0.3, 0.4) is 0 Å². The summed E-state index contributed by atoms with van der Waals surface area (Å²) < 4.78 is 55.4. The molecule has 0 aliphatic carbocycles. The van der Waals surface area contributed by atoms with E-state index in [0.29, 0.717) is 5.56 Å². The Morgan fingerprint density at radius 3 is 2.40 bits per heavy atom. The fourth-order valence-electron chi connectivity index (χ4n) is 2.78. The molecule has 3 aromatic rings. The summed E-state index contributed by atoms with van der Waals surface area (Å²) in [4.78, 5) is 12.2. The number of carbonyl (C=O) groups excluding carboxylic acids is 1. The van der Waals surface area contributed by atoms with E-state index >= 15 is 0 Å². The second kappa shape index (κ2) is 8.81. The molecule has 0 aliphatic heterocycles. The first-order valence-electron chi connectivity index (χ1n) is 8.78. The Balaban J connectivity index is 1.83. The Bertz CT molecular complexity index is 1200. The molecule has 156 valence electrons. The molecule has 0 spiro atoms. The quantitative estimate of drug-likeness (QED) is 0.560. The summed E-state index contributed by atoms with van der Waals surface area (Å²) in [6.07, 6.45) is -0.324. The topological polar surface area (TPSA) is 75.3 Å². The molecule has 0 fully saturated rings. The van der Waals surface area contributed by atoms with Crippen molar-refractivity contribution in [2.24, 2.45) is 0 Å². The maximum absolute atomic E-state index is 13.9. The Morgan fingerprint density at radius 1 is 1.00 bits per heavy atom. The maximum Gasteiger partial charge on any atom is 0.262 e. The molecular weight excluding hydrogens is 434 g/mol. The molecule has 2 N–H and O–H groups in total. The van der Waals surface area contributed by atoms with Gasteiger partial charge in [0, 0.05) is 16.3 Å². The van der Waals surface area contributed by atoms with Crippen LogP contribution in [0.15, 0.2) is 65.6 Å². The number of anilines is 2. The molecule has 9 heteroatoms. The van der Waals surface area contributed by atoms with E-state index in [9.17, 15) is 22.0 Å². The van der Waals surface area contributed by atoms with E-state index < -0.39 is 27.6 Å². The van der Waals surface area contributed by atoms with Gasteiger partial charge in [-0.15, -0.1) is 0 Å². The molecule has 30 heavy (non-hydrogen) atoms. The van der Waals surface area contributed by atoms with Crippen LogP contribution < -0.4 is 10.0 Å². The van der Waals surface area contributed by atoms with Crippen molar-refractivity contribution in [2.75, 3.05) is 10.0 Å². The van der Waals surface area contributed by atoms with Gasteiger partial charge in [-0.2, -0.15) is 0 Å². The number of hydrogen-bond acceptors (Lipinski definition) is 3. The molecule has 0 aromatic heterocycles. The van der Waals surface area contributed by atoms with Crippen molar-refractivity contribution in [3.05, 3.63) is 88.4 Å². The smallest absolute Gasteiger partial charge is 0.262 e. The van der Waals surface area contributed by atoms with Crippen molar-refractivity contribution >= 4 is 38.9 Å². The van der Waals surface area contributed by atoms with E-state index in [0.717, 1.165) is 6.07 Å². The summed E-state index contributed by atoms with van der Waals surface area (Å²) in [5, 5.41) is 2.65. The highest BCUT2D eigenvalue weighted by molar-refractivity contribution is 7.92. The number of nitrogens with one attached hydrogen (secondary N) is 2. The van der Waals surface area contributed by atoms with Crippen LogP contribution in [0.25, 0.3) is 0 Å². The highest BCUT2D eigenvalue weighted by Crippen LogP contribution is 2.25. The monoisotopic (exact) mass is 450 g/mol. The van der Waals surface area contributed by atoms with Gasteiger partial charge >= 0.3 is 0 Å². The number of benzene rings is 3. The minimum Gasteiger partial charge on any atom is -0.326 e. The number of rotatable bonds is 6. The standard InChI is InChI=1S/C21H17ClF2N2O3S/c1-13-9-10-14(25-21(27)12-15-16(22)5-4-7-17(15)23)11-20(13)30(28,29)26-19-8-3-2-6-18(19)24/h2-11,26H,12H2,1H3,(H,25,27). The molecular formula is C21H17ClF2N2O3S. The van der Waals surface area contributed by atoms with Gasteiger partial charge in [0.15, 0.2) is 0 Å². The Hall–Kier alpha value is -2.97. The van der Waals surface area contributed by atoms with Gasteiger partial charge in [0.1, 0.15) is 11.6 Å². The minimum absolute atomic E-state index is 0.0397. The van der Waals surface area contributed by atoms with E-state index in [1.807, 2.05) is 0 Å². The fraction of sp³-hybridized carbons (Fsp3) is 0.0952. The number of amides is 1. The number of aryl methyl sites for hydroxylation is 1. The average molecular weight is 451 g/mol. The molecule has 0 bridgehead atoms. The zero-order valence-corrected chi connectivity index (χ0v) is 17.3. The SMILES string of the molecule is Cc1ccc(NC(=O)Cc2c(F)cccc2Cl)cc1S(=O)(=O)Nc1ccccc1F. The molecule has 0 radical (unpaired) electrons. The Morgan fingerprint density at radius 2 is 1.70 bits per heavy atom. The second-order valence-electron chi connectivity index (χ2n) is 6.49. The first-order chi connectivity index (χ1) is 14.2. The van der Waals surface area contributed by atoms with Crippen molar-refractivity contribution in [3.8, 4) is 0 Å². The summed E-state index contributed by atoms with van der Waals surface area (Å²) in [6.45, 7) is 1.57. The van der Waals surface area contributed by atoms with Crippen LogP contribution in [0.4, 0.5) is 20.2 Å². The summed E-state index contributed by atoms with van der Waals surface area (Å²) in [7, 11) is -4.12. The third kappa shape index (κ3) is 4.95. The van der Waals surface area contributed by atoms with Crippen LogP contribution >= 0.6 is 11.6 Å². The van der Waals surface area contributed by atoms with Gasteiger partial charge in [-0.3, -0.25) is 9.52 Å². The predicted molar refractivity (Wildman–Crippen MR) is 112 cm³/mol. The van der Waals surface area contributed by atoms with Gasteiger partial charge in [-0.1, -0.05) is 35.9 Å². The fourth-order valence-corrected chi connectivity index (χ4v) is 4.35. The molecule has 0 saturated heterocycles. The van der Waals surface area contributed by atoms with Crippen molar-refractivity contribution in [1.29, 1.82) is 0 Å². The third-order valence-corrected chi connectivity index (χ3v) is 6.14. The molecule has 0 saturated carbocycles. The largest absolute Gasteiger partial charge is 0.326 e. The summed E-state index contributed by atoms with van der Waals surface area (Å²) in [5.41, 5.74) is 0.430. The number of sulfonamides is 1. The third-order valence-electron chi connectivity index (χ3n) is 4.28. The van der Waals surface area contributed by atoms with Gasteiger partial charge in [0.05, 0.1) is 17.0 Å². The van der Waals surface area contributed by atoms with Crippen LogP contribution in [0.5, 0.6) is 0 Å². The lowest BCUT2D eigenvalue weighted by Crippen LogP contribution is -2.18. The molecule has 1 amide bonds. The summed E-state index contributed by atoms with van der Waals surface area (Å²) in [6, 6.07) is 13.7. The normalized spacial score (nSPS) is 11.2. The maximum atomic E-state index is 13.9. The molecule has 0 aliphatic rings. The molecule has 0 unspecified atom stereocenters. The molecule has 0 heterocycles. The van der Waals surface area contributed by atoms with Gasteiger partial charge in [-0.05, 0) is 48.9 Å². The van der Waals surface area contributed by atoms with Crippen LogP contribution in [-0.2, 0) is 21.2 Å². The van der Waals surface area contributed by atoms with Crippen molar-refractivity contribution < 1.29 is 22.0 Å². The average Bonchev–Trinajstić information content (AvgIpc) is 2.68. The Kier molecular flexibility index (Phi) is 6.38. The van der Waals surface area contributed by atoms with Crippen LogP contribution in [-0.4, -0.2) is 14.3 Å². The zero-order valence-electron chi connectivity index (χ0n) is 15.7. The highest BCUT2D eigenvalue weighted by atomic mass is 35.5. The number of hydrogen-bond donors (Lipinski definition) is 2. The van der Waals surface area contributed by atoms with Crippen molar-refractivity contribution in [1.82, 2.24) is 0 Å². The van der Waals surface area contributed by atoms with E-state index in [1.54, 1.807) is 6.92 Å². The lowest BCUT2D eigenvalue weighted by atomic mass is 10.1. The molecule has 0 atom stereocenters. The van der Waals surface area contributed by atoms with Gasteiger partial charge < -0.3 is 5.32 Å². The number of halogens is 3. The van der Waals surface area contributed by atoms with Crippen LogP contribution in [0.2, 0.25) is 5.02 Å². The first kappa shape index (κ1) is 21.7. The van der Waals surface area contributed by atoms with Gasteiger partial charge in [0.2, 0.25) is 5.91 Å². The van der Waals surface area contributed by atoms with E-state index in [4.69, 9.17) is 11.6 Å². The predicted octanol–water partition coefficient (Wildman–Crippen LogP) is 4.91. The lowest BCUT2D eigenvalue weighted by molar-refractivity contribution is -0.115. The van der Waals surface area contributed by atoms with Crippen LogP contribution in [0.1, 0.15) is 11.1 Å². The van der Waals surface area contributed by atoms with E-state index in [1.165, 1.54) is 54.6 Å². The zero-order chi connectivity index (χ0) is 21.9.